The molecule has 0 aliphatic heterocycles. The van der Waals surface area contributed by atoms with Crippen LogP contribution in [-0.2, 0) is 12.7 Å². The monoisotopic (exact) mass is 288 g/mol. The van der Waals surface area contributed by atoms with Crippen LogP contribution >= 0.6 is 0 Å². The van der Waals surface area contributed by atoms with E-state index in [9.17, 15) is 17.6 Å². The Morgan fingerprint density at radius 2 is 2.00 bits per heavy atom. The van der Waals surface area contributed by atoms with Crippen LogP contribution in [0, 0.1) is 5.82 Å². The molecule has 1 aromatic carbocycles. The molecule has 0 spiro atoms. The van der Waals surface area contributed by atoms with Crippen molar-refractivity contribution in [1.82, 2.24) is 15.0 Å². The van der Waals surface area contributed by atoms with Gasteiger partial charge in [-0.25, -0.2) is 4.39 Å². The molecule has 2 N–H and O–H groups in total. The molecule has 0 amide bonds. The molecular weight excluding hydrogens is 276 g/mol. The van der Waals surface area contributed by atoms with E-state index in [1.165, 1.54) is 10.9 Å². The first-order valence-electron chi connectivity index (χ1n) is 5.89. The molecule has 1 aromatic heterocycles. The number of benzene rings is 1. The highest BCUT2D eigenvalue weighted by Crippen LogP contribution is 2.36. The summed E-state index contributed by atoms with van der Waals surface area (Å²) >= 11 is 0. The molecule has 0 radical (unpaired) electrons. The van der Waals surface area contributed by atoms with Crippen LogP contribution in [0.1, 0.15) is 12.0 Å². The van der Waals surface area contributed by atoms with Crippen molar-refractivity contribution in [2.75, 3.05) is 6.54 Å². The van der Waals surface area contributed by atoms with Gasteiger partial charge in [0.05, 0.1) is 11.8 Å². The van der Waals surface area contributed by atoms with Gasteiger partial charge in [0, 0.05) is 12.1 Å². The second kappa shape index (κ2) is 5.58. The lowest BCUT2D eigenvalue weighted by Crippen LogP contribution is -2.08. The molecular formula is C12H12F4N4. The fourth-order valence-electron chi connectivity index (χ4n) is 1.76. The van der Waals surface area contributed by atoms with Crippen LogP contribution in [0.5, 0.6) is 0 Å². The number of aromatic nitrogens is 3. The molecule has 0 bridgehead atoms. The number of aryl methyl sites for hydroxylation is 1. The van der Waals surface area contributed by atoms with Gasteiger partial charge < -0.3 is 5.73 Å². The second-order valence-electron chi connectivity index (χ2n) is 4.20. The lowest BCUT2D eigenvalue weighted by atomic mass is 10.0. The Kier molecular flexibility index (Phi) is 4.03. The molecule has 108 valence electrons. The van der Waals surface area contributed by atoms with E-state index in [2.05, 4.69) is 10.3 Å². The summed E-state index contributed by atoms with van der Waals surface area (Å²) in [6.45, 7) is 0.908. The molecule has 0 saturated carbocycles. The topological polar surface area (TPSA) is 56.7 Å². The van der Waals surface area contributed by atoms with Crippen LogP contribution in [0.2, 0.25) is 0 Å². The number of nitrogens with two attached hydrogens (primary N) is 1. The van der Waals surface area contributed by atoms with Crippen molar-refractivity contribution < 1.29 is 17.6 Å². The Bertz CT molecular complexity index is 591. The first-order chi connectivity index (χ1) is 9.41. The van der Waals surface area contributed by atoms with E-state index in [4.69, 9.17) is 5.73 Å². The summed E-state index contributed by atoms with van der Waals surface area (Å²) in [6.07, 6.45) is -2.63. The van der Waals surface area contributed by atoms with Gasteiger partial charge in [0.25, 0.3) is 0 Å². The predicted molar refractivity (Wildman–Crippen MR) is 64.1 cm³/mol. The zero-order valence-electron chi connectivity index (χ0n) is 10.4. The number of halogens is 4. The summed E-state index contributed by atoms with van der Waals surface area (Å²) in [5, 5.41) is 7.42. The van der Waals surface area contributed by atoms with Gasteiger partial charge in [-0.1, -0.05) is 5.21 Å². The highest BCUT2D eigenvalue weighted by Gasteiger charge is 2.34. The Morgan fingerprint density at radius 3 is 2.65 bits per heavy atom. The SMILES string of the molecule is NCCCn1cc(-c2ccc(F)cc2C(F)(F)F)nn1. The largest absolute Gasteiger partial charge is 0.417 e. The van der Waals surface area contributed by atoms with Gasteiger partial charge in [-0.05, 0) is 31.2 Å². The van der Waals surface area contributed by atoms with Gasteiger partial charge >= 0.3 is 6.18 Å². The minimum absolute atomic E-state index is 0.0503. The van der Waals surface area contributed by atoms with Crippen molar-refractivity contribution in [1.29, 1.82) is 0 Å². The molecule has 8 heteroatoms. The molecule has 2 rings (SSSR count). The van der Waals surface area contributed by atoms with Gasteiger partial charge in [0.15, 0.2) is 0 Å². The minimum atomic E-state index is -4.65. The maximum Gasteiger partial charge on any atom is 0.417 e. The molecule has 20 heavy (non-hydrogen) atoms. The number of alkyl halides is 3. The maximum atomic E-state index is 13.0. The Balaban J connectivity index is 2.39. The predicted octanol–water partition coefficient (Wildman–Crippen LogP) is 2.45. The van der Waals surface area contributed by atoms with E-state index in [0.29, 0.717) is 25.6 Å². The molecule has 0 unspecified atom stereocenters. The smallest absolute Gasteiger partial charge is 0.330 e. The Hall–Kier alpha value is -1.96. The van der Waals surface area contributed by atoms with E-state index in [1.54, 1.807) is 0 Å². The van der Waals surface area contributed by atoms with Crippen LogP contribution in [0.15, 0.2) is 24.4 Å². The van der Waals surface area contributed by atoms with Crippen molar-refractivity contribution in [2.45, 2.75) is 19.1 Å². The van der Waals surface area contributed by atoms with E-state index in [-0.39, 0.29) is 11.3 Å². The maximum absolute atomic E-state index is 13.0. The molecule has 2 aromatic rings. The summed E-state index contributed by atoms with van der Waals surface area (Å²) < 4.78 is 53.1. The van der Waals surface area contributed by atoms with E-state index < -0.39 is 17.6 Å². The van der Waals surface area contributed by atoms with Gasteiger partial charge in [-0.3, -0.25) is 4.68 Å². The van der Waals surface area contributed by atoms with E-state index in [1.807, 2.05) is 0 Å². The number of nitrogens with zero attached hydrogens (tertiary/aromatic N) is 3. The van der Waals surface area contributed by atoms with Crippen molar-refractivity contribution in [3.8, 4) is 11.3 Å². The summed E-state index contributed by atoms with van der Waals surface area (Å²) in [7, 11) is 0. The lowest BCUT2D eigenvalue weighted by molar-refractivity contribution is -0.137. The van der Waals surface area contributed by atoms with Crippen LogP contribution in [0.4, 0.5) is 17.6 Å². The standard InChI is InChI=1S/C12H12F4N4/c13-8-2-3-9(10(6-8)12(14,15)16)11-7-20(19-18-11)5-1-4-17/h2-3,6-7H,1,4-5,17H2. The number of hydrogen-bond acceptors (Lipinski definition) is 3. The summed E-state index contributed by atoms with van der Waals surface area (Å²) in [6, 6.07) is 2.47. The average molecular weight is 288 g/mol. The molecule has 4 nitrogen and oxygen atoms in total. The fraction of sp³-hybridized carbons (Fsp3) is 0.333. The fourth-order valence-corrected chi connectivity index (χ4v) is 1.76. The van der Waals surface area contributed by atoms with E-state index >= 15 is 0 Å². The van der Waals surface area contributed by atoms with Gasteiger partial charge in [0.2, 0.25) is 0 Å². The minimum Gasteiger partial charge on any atom is -0.330 e. The van der Waals surface area contributed by atoms with Gasteiger partial charge in [-0.15, -0.1) is 5.10 Å². The van der Waals surface area contributed by atoms with Crippen molar-refractivity contribution >= 4 is 0 Å². The second-order valence-corrected chi connectivity index (χ2v) is 4.20. The first kappa shape index (κ1) is 14.4. The van der Waals surface area contributed by atoms with Gasteiger partial charge in [0.1, 0.15) is 11.5 Å². The number of hydrogen-bond donors (Lipinski definition) is 1. The van der Waals surface area contributed by atoms with Crippen LogP contribution in [0.3, 0.4) is 0 Å². The molecule has 0 aliphatic rings. The highest BCUT2D eigenvalue weighted by atomic mass is 19.4. The molecule has 0 atom stereocenters. The van der Waals surface area contributed by atoms with Crippen LogP contribution in [-0.4, -0.2) is 21.5 Å². The Morgan fingerprint density at radius 1 is 1.25 bits per heavy atom. The summed E-state index contributed by atoms with van der Waals surface area (Å²) in [5.41, 5.74) is 4.13. The van der Waals surface area contributed by atoms with Crippen LogP contribution < -0.4 is 5.73 Å². The highest BCUT2D eigenvalue weighted by molar-refractivity contribution is 5.63. The summed E-state index contributed by atoms with van der Waals surface area (Å²) in [4.78, 5) is 0. The first-order valence-corrected chi connectivity index (χ1v) is 5.89. The third-order valence-electron chi connectivity index (χ3n) is 2.69. The zero-order valence-corrected chi connectivity index (χ0v) is 10.4. The van der Waals surface area contributed by atoms with Crippen molar-refractivity contribution in [3.63, 3.8) is 0 Å². The lowest BCUT2D eigenvalue weighted by Gasteiger charge is -2.10. The quantitative estimate of drug-likeness (QED) is 0.879. The number of rotatable bonds is 4. The van der Waals surface area contributed by atoms with E-state index in [0.717, 1.165) is 12.1 Å². The van der Waals surface area contributed by atoms with Crippen LogP contribution in [0.25, 0.3) is 11.3 Å². The average Bonchev–Trinajstić information content (AvgIpc) is 2.84. The normalized spacial score (nSPS) is 11.8. The van der Waals surface area contributed by atoms with Crippen molar-refractivity contribution in [3.05, 3.63) is 35.8 Å². The molecule has 1 heterocycles. The third-order valence-corrected chi connectivity index (χ3v) is 2.69. The third kappa shape index (κ3) is 3.13. The summed E-state index contributed by atoms with van der Waals surface area (Å²) in [5.74, 6) is -0.948. The van der Waals surface area contributed by atoms with Crippen molar-refractivity contribution in [2.24, 2.45) is 5.73 Å². The van der Waals surface area contributed by atoms with Gasteiger partial charge in [-0.2, -0.15) is 13.2 Å². The molecule has 0 fully saturated rings. The zero-order chi connectivity index (χ0) is 14.8. The molecule has 0 saturated heterocycles. The molecule has 0 aliphatic carbocycles. The Labute approximate surface area is 112 Å².